The minimum Gasteiger partial charge on any atom is -0.493 e. The van der Waals surface area contributed by atoms with Crippen LogP contribution in [-0.2, 0) is 18.3 Å². The molecule has 2 amide bonds. The number of hydrogen-bond acceptors (Lipinski definition) is 6. The Morgan fingerprint density at radius 1 is 1.06 bits per heavy atom. The van der Waals surface area contributed by atoms with Crippen molar-refractivity contribution >= 4 is 17.5 Å². The van der Waals surface area contributed by atoms with Gasteiger partial charge in [0.15, 0.2) is 11.5 Å². The van der Waals surface area contributed by atoms with E-state index in [2.05, 4.69) is 25.7 Å². The highest BCUT2D eigenvalue weighted by Gasteiger charge is 2.24. The molecular formula is C24H30N6O4. The van der Waals surface area contributed by atoms with Gasteiger partial charge in [-0.2, -0.15) is 9.78 Å². The number of anilines is 2. The van der Waals surface area contributed by atoms with Crippen LogP contribution >= 0.6 is 0 Å². The number of benzene rings is 1. The van der Waals surface area contributed by atoms with Crippen molar-refractivity contribution < 1.29 is 14.3 Å². The van der Waals surface area contributed by atoms with Crippen LogP contribution in [-0.4, -0.2) is 40.0 Å². The summed E-state index contributed by atoms with van der Waals surface area (Å²) < 4.78 is 12.0. The number of aromatic nitrogens is 4. The zero-order valence-electron chi connectivity index (χ0n) is 20.1. The van der Waals surface area contributed by atoms with Crippen LogP contribution in [0.25, 0.3) is 5.95 Å². The Balaban J connectivity index is 1.66. The molecule has 1 aliphatic rings. The smallest absolute Gasteiger partial charge is 0.324 e. The Bertz CT molecular complexity index is 1270. The fraction of sp³-hybridized carbons (Fsp3) is 0.417. The molecule has 0 unspecified atom stereocenters. The number of rotatable bonds is 5. The summed E-state index contributed by atoms with van der Waals surface area (Å²) >= 11 is 0. The molecule has 2 aromatic heterocycles. The molecule has 0 saturated carbocycles. The van der Waals surface area contributed by atoms with Crippen LogP contribution in [0.3, 0.4) is 0 Å². The summed E-state index contributed by atoms with van der Waals surface area (Å²) in [5, 5.41) is 10.3. The highest BCUT2D eigenvalue weighted by Crippen LogP contribution is 2.30. The summed E-state index contributed by atoms with van der Waals surface area (Å²) in [5.41, 5.74) is 2.35. The topological polar surface area (TPSA) is 123 Å². The number of aromatic amines is 1. The molecule has 2 heterocycles. The largest absolute Gasteiger partial charge is 0.493 e. The lowest BCUT2D eigenvalue weighted by molar-refractivity contribution is 0.262. The standard InChI is InChI=1S/C24H30N6O4/c1-24(2,3)19-13-20(27-23(32)25-14-10-11-17(33-4)18(12-14)34-5)30(29-19)22-26-16-9-7-6-8-15(16)21(31)28-22/h10-13H,6-9H2,1-5H3,(H2,25,27,32)(H,26,28,31). The summed E-state index contributed by atoms with van der Waals surface area (Å²) in [4.78, 5) is 33.1. The number of nitrogens with zero attached hydrogens (tertiary/aromatic N) is 3. The van der Waals surface area contributed by atoms with Gasteiger partial charge in [0, 0.05) is 28.8 Å². The SMILES string of the molecule is COc1ccc(NC(=O)Nc2cc(C(C)(C)C)nn2-c2nc3c(c(=O)[nH]2)CCCC3)cc1OC. The fourth-order valence-corrected chi connectivity index (χ4v) is 3.88. The maximum atomic E-state index is 12.9. The lowest BCUT2D eigenvalue weighted by Gasteiger charge is -2.16. The van der Waals surface area contributed by atoms with Crippen molar-refractivity contribution in [3.05, 3.63) is 51.6 Å². The first-order valence-corrected chi connectivity index (χ1v) is 11.2. The molecule has 0 aliphatic heterocycles. The minimum absolute atomic E-state index is 0.159. The summed E-state index contributed by atoms with van der Waals surface area (Å²) in [6, 6.07) is 6.39. The molecule has 4 rings (SSSR count). The van der Waals surface area contributed by atoms with Crippen molar-refractivity contribution in [3.8, 4) is 17.4 Å². The number of fused-ring (bicyclic) bond motifs is 1. The predicted molar refractivity (Wildman–Crippen MR) is 130 cm³/mol. The van der Waals surface area contributed by atoms with Crippen molar-refractivity contribution in [2.24, 2.45) is 0 Å². The van der Waals surface area contributed by atoms with Crippen LogP contribution in [0, 0.1) is 0 Å². The first-order valence-electron chi connectivity index (χ1n) is 11.2. The van der Waals surface area contributed by atoms with Gasteiger partial charge in [-0.25, -0.2) is 9.78 Å². The number of nitrogens with one attached hydrogen (secondary N) is 3. The Morgan fingerprint density at radius 2 is 1.79 bits per heavy atom. The molecule has 10 heteroatoms. The number of H-pyrrole nitrogens is 1. The van der Waals surface area contributed by atoms with Crippen LogP contribution < -0.4 is 25.7 Å². The summed E-state index contributed by atoms with van der Waals surface area (Å²) in [5.74, 6) is 1.73. The van der Waals surface area contributed by atoms with Gasteiger partial charge in [0.05, 0.1) is 25.6 Å². The van der Waals surface area contributed by atoms with Gasteiger partial charge in [-0.05, 0) is 37.8 Å². The maximum Gasteiger partial charge on any atom is 0.324 e. The van der Waals surface area contributed by atoms with E-state index in [0.717, 1.165) is 42.6 Å². The average Bonchev–Trinajstić information content (AvgIpc) is 3.23. The van der Waals surface area contributed by atoms with E-state index < -0.39 is 6.03 Å². The molecule has 0 saturated heterocycles. The molecule has 10 nitrogen and oxygen atoms in total. The molecule has 180 valence electrons. The number of urea groups is 1. The van der Waals surface area contributed by atoms with Gasteiger partial charge in [-0.3, -0.25) is 15.1 Å². The van der Waals surface area contributed by atoms with Crippen molar-refractivity contribution in [2.75, 3.05) is 24.9 Å². The highest BCUT2D eigenvalue weighted by molar-refractivity contribution is 5.99. The van der Waals surface area contributed by atoms with E-state index in [9.17, 15) is 9.59 Å². The second-order valence-electron chi connectivity index (χ2n) is 9.25. The number of methoxy groups -OCH3 is 2. The van der Waals surface area contributed by atoms with E-state index in [0.29, 0.717) is 23.0 Å². The van der Waals surface area contributed by atoms with Gasteiger partial charge in [0.1, 0.15) is 5.82 Å². The molecular weight excluding hydrogens is 436 g/mol. The summed E-state index contributed by atoms with van der Waals surface area (Å²) in [6.07, 6.45) is 3.45. The van der Waals surface area contributed by atoms with Gasteiger partial charge in [0.2, 0.25) is 5.95 Å². The average molecular weight is 467 g/mol. The second kappa shape index (κ2) is 9.20. The van der Waals surface area contributed by atoms with Gasteiger partial charge in [-0.15, -0.1) is 0 Å². The molecule has 34 heavy (non-hydrogen) atoms. The number of carbonyl (C=O) groups excluding carboxylic acids is 1. The van der Waals surface area contributed by atoms with Gasteiger partial charge < -0.3 is 14.8 Å². The molecule has 0 radical (unpaired) electrons. The quantitative estimate of drug-likeness (QED) is 0.526. The Labute approximate surface area is 197 Å². The molecule has 3 aromatic rings. The van der Waals surface area contributed by atoms with E-state index in [1.165, 1.54) is 11.8 Å². The predicted octanol–water partition coefficient (Wildman–Crippen LogP) is 3.79. The fourth-order valence-electron chi connectivity index (χ4n) is 3.88. The van der Waals surface area contributed by atoms with Crippen LogP contribution in [0.4, 0.5) is 16.3 Å². The Morgan fingerprint density at radius 3 is 2.50 bits per heavy atom. The van der Waals surface area contributed by atoms with Gasteiger partial charge >= 0.3 is 6.03 Å². The normalized spacial score (nSPS) is 13.2. The van der Waals surface area contributed by atoms with Crippen molar-refractivity contribution in [3.63, 3.8) is 0 Å². The van der Waals surface area contributed by atoms with Crippen molar-refractivity contribution in [2.45, 2.75) is 51.9 Å². The van der Waals surface area contributed by atoms with E-state index in [1.807, 2.05) is 20.8 Å². The third-order valence-corrected chi connectivity index (χ3v) is 5.74. The number of aryl methyl sites for hydroxylation is 1. The maximum absolute atomic E-state index is 12.9. The molecule has 0 bridgehead atoms. The molecule has 0 spiro atoms. The number of amides is 2. The zero-order chi connectivity index (χ0) is 24.5. The monoisotopic (exact) mass is 466 g/mol. The second-order valence-corrected chi connectivity index (χ2v) is 9.25. The lowest BCUT2D eigenvalue weighted by atomic mass is 9.92. The number of hydrogen-bond donors (Lipinski definition) is 3. The Hall–Kier alpha value is -3.82. The lowest BCUT2D eigenvalue weighted by Crippen LogP contribution is -2.26. The molecule has 1 aromatic carbocycles. The van der Waals surface area contributed by atoms with Crippen LogP contribution in [0.2, 0.25) is 0 Å². The van der Waals surface area contributed by atoms with E-state index in [4.69, 9.17) is 9.47 Å². The third-order valence-electron chi connectivity index (χ3n) is 5.74. The molecule has 3 N–H and O–H groups in total. The molecule has 0 fully saturated rings. The number of ether oxygens (including phenoxy) is 2. The molecule has 1 aliphatic carbocycles. The van der Waals surface area contributed by atoms with E-state index in [-0.39, 0.29) is 16.9 Å². The number of carbonyl (C=O) groups is 1. The van der Waals surface area contributed by atoms with E-state index in [1.54, 1.807) is 31.4 Å². The van der Waals surface area contributed by atoms with Crippen LogP contribution in [0.15, 0.2) is 29.1 Å². The zero-order valence-corrected chi connectivity index (χ0v) is 20.1. The Kier molecular flexibility index (Phi) is 6.32. The van der Waals surface area contributed by atoms with Gasteiger partial charge in [0.25, 0.3) is 5.56 Å². The van der Waals surface area contributed by atoms with Gasteiger partial charge in [-0.1, -0.05) is 20.8 Å². The molecule has 0 atom stereocenters. The summed E-state index contributed by atoms with van der Waals surface area (Å²) in [7, 11) is 3.07. The third kappa shape index (κ3) is 4.75. The van der Waals surface area contributed by atoms with Crippen LogP contribution in [0.5, 0.6) is 11.5 Å². The first-order chi connectivity index (χ1) is 16.2. The van der Waals surface area contributed by atoms with Crippen molar-refractivity contribution in [1.82, 2.24) is 19.7 Å². The minimum atomic E-state index is -0.478. The van der Waals surface area contributed by atoms with Crippen LogP contribution in [0.1, 0.15) is 50.6 Å². The summed E-state index contributed by atoms with van der Waals surface area (Å²) in [6.45, 7) is 6.07. The highest BCUT2D eigenvalue weighted by atomic mass is 16.5. The van der Waals surface area contributed by atoms with E-state index >= 15 is 0 Å². The first kappa shape index (κ1) is 23.3. The van der Waals surface area contributed by atoms with Crippen molar-refractivity contribution in [1.29, 1.82) is 0 Å².